The Bertz CT molecular complexity index is 858. The van der Waals surface area contributed by atoms with Crippen molar-refractivity contribution in [2.45, 2.75) is 11.8 Å². The summed E-state index contributed by atoms with van der Waals surface area (Å²) in [6.07, 6.45) is 0. The van der Waals surface area contributed by atoms with E-state index in [1.165, 1.54) is 12.1 Å². The van der Waals surface area contributed by atoms with Crippen molar-refractivity contribution in [3.8, 4) is 5.75 Å². The molecule has 0 fully saturated rings. The first-order valence-corrected chi connectivity index (χ1v) is 8.59. The first-order valence-electron chi connectivity index (χ1n) is 6.73. The van der Waals surface area contributed by atoms with Gasteiger partial charge in [-0.15, -0.1) is 4.83 Å². The normalized spacial score (nSPS) is 11.1. The lowest BCUT2D eigenvalue weighted by Crippen LogP contribution is -2.43. The molecule has 24 heavy (non-hydrogen) atoms. The van der Waals surface area contributed by atoms with Gasteiger partial charge in [0.05, 0.1) is 4.90 Å². The predicted octanol–water partition coefficient (Wildman–Crippen LogP) is 2.18. The second kappa shape index (κ2) is 7.61. The van der Waals surface area contributed by atoms with Gasteiger partial charge in [0.1, 0.15) is 11.6 Å². The van der Waals surface area contributed by atoms with E-state index in [0.29, 0.717) is 10.8 Å². The van der Waals surface area contributed by atoms with Crippen LogP contribution in [0.25, 0.3) is 0 Å². The number of hydrazine groups is 1. The van der Waals surface area contributed by atoms with Gasteiger partial charge in [-0.1, -0.05) is 17.7 Å². The molecule has 0 heterocycles. The third kappa shape index (κ3) is 4.92. The number of nitrogens with one attached hydrogen (secondary N) is 2. The van der Waals surface area contributed by atoms with E-state index >= 15 is 0 Å². The zero-order valence-corrected chi connectivity index (χ0v) is 14.1. The fraction of sp³-hybridized carbons (Fsp3) is 0.133. The van der Waals surface area contributed by atoms with E-state index in [2.05, 4.69) is 0 Å². The Hall–Kier alpha value is -2.16. The Morgan fingerprint density at radius 1 is 1.25 bits per heavy atom. The molecule has 6 nitrogen and oxygen atoms in total. The number of halogens is 2. The summed E-state index contributed by atoms with van der Waals surface area (Å²) >= 11 is 5.81. The lowest BCUT2D eigenvalue weighted by Gasteiger charge is -2.11. The molecular weight excluding hydrogens is 359 g/mol. The fourth-order valence-electron chi connectivity index (χ4n) is 1.77. The summed E-state index contributed by atoms with van der Waals surface area (Å²) < 4.78 is 42.2. The number of ether oxygens (including phenoxy) is 1. The van der Waals surface area contributed by atoms with Crippen LogP contribution in [0.15, 0.2) is 47.4 Å². The van der Waals surface area contributed by atoms with Crippen LogP contribution in [0.2, 0.25) is 5.02 Å². The van der Waals surface area contributed by atoms with Crippen LogP contribution < -0.4 is 15.0 Å². The lowest BCUT2D eigenvalue weighted by molar-refractivity contribution is -0.123. The summed E-state index contributed by atoms with van der Waals surface area (Å²) in [6, 6.07) is 9.27. The number of hydrogen-bond donors (Lipinski definition) is 2. The lowest BCUT2D eigenvalue weighted by atomic mass is 10.2. The minimum atomic E-state index is -4.07. The van der Waals surface area contributed by atoms with Crippen molar-refractivity contribution in [3.63, 3.8) is 0 Å². The number of benzene rings is 2. The minimum Gasteiger partial charge on any atom is -0.483 e. The van der Waals surface area contributed by atoms with E-state index in [9.17, 15) is 17.6 Å². The first kappa shape index (κ1) is 18.2. The Morgan fingerprint density at radius 3 is 2.67 bits per heavy atom. The molecule has 0 saturated carbocycles. The highest BCUT2D eigenvalue weighted by molar-refractivity contribution is 7.89. The van der Waals surface area contributed by atoms with E-state index in [4.69, 9.17) is 16.3 Å². The molecule has 0 aliphatic carbocycles. The molecule has 2 N–H and O–H groups in total. The smallest absolute Gasteiger partial charge is 0.272 e. The summed E-state index contributed by atoms with van der Waals surface area (Å²) in [5.41, 5.74) is 2.72. The van der Waals surface area contributed by atoms with Crippen LogP contribution >= 0.6 is 11.6 Å². The third-order valence-electron chi connectivity index (χ3n) is 2.93. The molecule has 0 aliphatic rings. The van der Waals surface area contributed by atoms with E-state index < -0.39 is 28.4 Å². The van der Waals surface area contributed by atoms with Crippen LogP contribution in [-0.2, 0) is 14.8 Å². The number of hydrogen-bond acceptors (Lipinski definition) is 4. The third-order valence-corrected chi connectivity index (χ3v) is 4.41. The van der Waals surface area contributed by atoms with Crippen molar-refractivity contribution in [2.24, 2.45) is 0 Å². The van der Waals surface area contributed by atoms with Gasteiger partial charge in [0.2, 0.25) is 0 Å². The van der Waals surface area contributed by atoms with E-state index in [1.54, 1.807) is 25.1 Å². The summed E-state index contributed by atoms with van der Waals surface area (Å²) in [6.45, 7) is 1.35. The number of amides is 1. The second-order valence-corrected chi connectivity index (χ2v) is 6.93. The number of carbonyl (C=O) groups excluding carboxylic acids is 1. The SMILES string of the molecule is Cc1cc(Cl)ccc1OCC(=O)NNS(=O)(=O)c1cccc(F)c1. The van der Waals surface area contributed by atoms with Crippen LogP contribution in [0.3, 0.4) is 0 Å². The number of rotatable bonds is 6. The van der Waals surface area contributed by atoms with Gasteiger partial charge in [0.25, 0.3) is 15.9 Å². The molecule has 0 aromatic heterocycles. The Morgan fingerprint density at radius 2 is 2.00 bits per heavy atom. The van der Waals surface area contributed by atoms with E-state index in [1.807, 2.05) is 10.3 Å². The molecular formula is C15H14ClFN2O4S. The maximum Gasteiger partial charge on any atom is 0.272 e. The monoisotopic (exact) mass is 372 g/mol. The summed E-state index contributed by atoms with van der Waals surface area (Å²) in [7, 11) is -4.07. The van der Waals surface area contributed by atoms with Crippen molar-refractivity contribution in [3.05, 3.63) is 58.9 Å². The van der Waals surface area contributed by atoms with Gasteiger partial charge >= 0.3 is 0 Å². The number of carbonyl (C=O) groups is 1. The average molecular weight is 373 g/mol. The average Bonchev–Trinajstić information content (AvgIpc) is 2.52. The van der Waals surface area contributed by atoms with Crippen molar-refractivity contribution in [1.82, 2.24) is 10.3 Å². The molecule has 2 aromatic rings. The van der Waals surface area contributed by atoms with Crippen molar-refractivity contribution >= 4 is 27.5 Å². The number of sulfonamides is 1. The maximum atomic E-state index is 13.1. The quantitative estimate of drug-likeness (QED) is 0.761. The Labute approximate surface area is 143 Å². The van der Waals surface area contributed by atoms with Crippen molar-refractivity contribution in [2.75, 3.05) is 6.61 Å². The summed E-state index contributed by atoms with van der Waals surface area (Å²) in [5, 5.41) is 0.534. The van der Waals surface area contributed by atoms with Crippen LogP contribution in [-0.4, -0.2) is 20.9 Å². The first-order chi connectivity index (χ1) is 11.3. The molecule has 2 rings (SSSR count). The Kier molecular flexibility index (Phi) is 5.76. The zero-order chi connectivity index (χ0) is 17.7. The highest BCUT2D eigenvalue weighted by atomic mass is 35.5. The zero-order valence-electron chi connectivity index (χ0n) is 12.5. The number of aryl methyl sites for hydroxylation is 1. The van der Waals surface area contributed by atoms with E-state index in [-0.39, 0.29) is 4.90 Å². The fourth-order valence-corrected chi connectivity index (χ4v) is 2.89. The second-order valence-electron chi connectivity index (χ2n) is 4.81. The highest BCUT2D eigenvalue weighted by Gasteiger charge is 2.16. The van der Waals surface area contributed by atoms with Gasteiger partial charge in [0, 0.05) is 5.02 Å². The van der Waals surface area contributed by atoms with Crippen molar-refractivity contribution < 1.29 is 22.3 Å². The molecule has 128 valence electrons. The largest absolute Gasteiger partial charge is 0.483 e. The molecule has 0 bridgehead atoms. The predicted molar refractivity (Wildman–Crippen MR) is 86.5 cm³/mol. The summed E-state index contributed by atoms with van der Waals surface area (Å²) in [5.74, 6) is -0.974. The Balaban J connectivity index is 1.91. The molecule has 9 heteroatoms. The standard InChI is InChI=1S/C15H14ClFN2O4S/c1-10-7-11(16)5-6-14(10)23-9-15(20)18-19-24(21,22)13-4-2-3-12(17)8-13/h2-8,19H,9H2,1H3,(H,18,20). The van der Waals surface area contributed by atoms with Gasteiger partial charge < -0.3 is 4.74 Å². The topological polar surface area (TPSA) is 84.5 Å². The molecule has 0 aliphatic heterocycles. The van der Waals surface area contributed by atoms with Crippen molar-refractivity contribution in [1.29, 1.82) is 0 Å². The van der Waals surface area contributed by atoms with Gasteiger partial charge in [0.15, 0.2) is 6.61 Å². The van der Waals surface area contributed by atoms with Crippen LogP contribution in [0.1, 0.15) is 5.56 Å². The summed E-state index contributed by atoms with van der Waals surface area (Å²) in [4.78, 5) is 13.2. The molecule has 0 saturated heterocycles. The van der Waals surface area contributed by atoms with Gasteiger partial charge in [-0.25, -0.2) is 12.8 Å². The molecule has 0 unspecified atom stereocenters. The minimum absolute atomic E-state index is 0.308. The van der Waals surface area contributed by atoms with Crippen LogP contribution in [0.4, 0.5) is 4.39 Å². The highest BCUT2D eigenvalue weighted by Crippen LogP contribution is 2.21. The van der Waals surface area contributed by atoms with Gasteiger partial charge in [-0.2, -0.15) is 0 Å². The molecule has 0 radical (unpaired) electrons. The molecule has 2 aromatic carbocycles. The molecule has 1 amide bonds. The maximum absolute atomic E-state index is 13.1. The van der Waals surface area contributed by atoms with Gasteiger partial charge in [-0.05, 0) is 48.9 Å². The molecule has 0 atom stereocenters. The van der Waals surface area contributed by atoms with Gasteiger partial charge in [-0.3, -0.25) is 10.2 Å². The van der Waals surface area contributed by atoms with E-state index in [0.717, 1.165) is 17.7 Å². The van der Waals surface area contributed by atoms with Crippen LogP contribution in [0, 0.1) is 12.7 Å². The van der Waals surface area contributed by atoms with Crippen LogP contribution in [0.5, 0.6) is 5.75 Å². The molecule has 0 spiro atoms.